The molecule has 0 bridgehead atoms. The Hall–Kier alpha value is -1.42. The number of hydrogen-bond donors (Lipinski definition) is 2. The van der Waals surface area contributed by atoms with Crippen molar-refractivity contribution < 1.29 is 4.79 Å². The fraction of sp³-hybridized carbons (Fsp3) is 0.538. The van der Waals surface area contributed by atoms with Gasteiger partial charge >= 0.3 is 0 Å². The van der Waals surface area contributed by atoms with E-state index in [0.29, 0.717) is 19.0 Å². The van der Waals surface area contributed by atoms with Crippen LogP contribution in [0.3, 0.4) is 0 Å². The second-order valence-corrected chi connectivity index (χ2v) is 4.58. The molecule has 0 radical (unpaired) electrons. The van der Waals surface area contributed by atoms with Crippen LogP contribution in [0.4, 0.5) is 0 Å². The molecule has 1 aromatic rings. The number of amides is 1. The Morgan fingerprint density at radius 3 is 3.24 bits per heavy atom. The van der Waals surface area contributed by atoms with Gasteiger partial charge in [-0.3, -0.25) is 9.78 Å². The molecule has 1 aliphatic rings. The summed E-state index contributed by atoms with van der Waals surface area (Å²) in [7, 11) is 0. The highest BCUT2D eigenvalue weighted by Gasteiger charge is 2.17. The van der Waals surface area contributed by atoms with Crippen molar-refractivity contribution in [1.82, 2.24) is 15.6 Å². The molecule has 1 aliphatic heterocycles. The van der Waals surface area contributed by atoms with E-state index in [1.807, 2.05) is 19.2 Å². The zero-order valence-corrected chi connectivity index (χ0v) is 10.2. The van der Waals surface area contributed by atoms with E-state index in [9.17, 15) is 4.79 Å². The molecule has 4 nitrogen and oxygen atoms in total. The van der Waals surface area contributed by atoms with Crippen LogP contribution in [0, 0.1) is 6.92 Å². The van der Waals surface area contributed by atoms with Crippen LogP contribution in [0.15, 0.2) is 18.5 Å². The van der Waals surface area contributed by atoms with E-state index in [4.69, 9.17) is 0 Å². The number of aryl methyl sites for hydroxylation is 1. The Balaban J connectivity index is 1.77. The first-order valence-corrected chi connectivity index (χ1v) is 6.15. The molecule has 0 aliphatic carbocycles. The van der Waals surface area contributed by atoms with Crippen molar-refractivity contribution >= 4 is 5.91 Å². The van der Waals surface area contributed by atoms with E-state index in [2.05, 4.69) is 15.6 Å². The highest BCUT2D eigenvalue weighted by atomic mass is 16.1. The van der Waals surface area contributed by atoms with Gasteiger partial charge < -0.3 is 10.6 Å². The lowest BCUT2D eigenvalue weighted by molar-refractivity contribution is -0.121. The smallest absolute Gasteiger partial charge is 0.221 e. The minimum absolute atomic E-state index is 0.126. The van der Waals surface area contributed by atoms with Gasteiger partial charge in [-0.1, -0.05) is 0 Å². The Kier molecular flexibility index (Phi) is 4.09. The first kappa shape index (κ1) is 12.0. The number of nitrogens with zero attached hydrogens (tertiary/aromatic N) is 1. The van der Waals surface area contributed by atoms with Crippen LogP contribution in [0.25, 0.3) is 0 Å². The maximum absolute atomic E-state index is 11.7. The van der Waals surface area contributed by atoms with Crippen molar-refractivity contribution in [3.63, 3.8) is 0 Å². The molecule has 1 saturated heterocycles. The molecule has 1 fully saturated rings. The summed E-state index contributed by atoms with van der Waals surface area (Å²) in [6.45, 7) is 3.65. The summed E-state index contributed by atoms with van der Waals surface area (Å²) in [5.74, 6) is 0.126. The topological polar surface area (TPSA) is 54.0 Å². The molecule has 2 heterocycles. The first-order chi connectivity index (χ1) is 8.25. The molecule has 0 spiro atoms. The van der Waals surface area contributed by atoms with Gasteiger partial charge in [0.15, 0.2) is 0 Å². The van der Waals surface area contributed by atoms with Gasteiger partial charge in [0.1, 0.15) is 0 Å². The average molecular weight is 233 g/mol. The van der Waals surface area contributed by atoms with Crippen LogP contribution in [0.5, 0.6) is 0 Å². The third-order valence-corrected chi connectivity index (χ3v) is 3.21. The van der Waals surface area contributed by atoms with Crippen molar-refractivity contribution in [2.45, 2.75) is 38.8 Å². The van der Waals surface area contributed by atoms with Crippen molar-refractivity contribution in [3.05, 3.63) is 29.6 Å². The zero-order valence-electron chi connectivity index (χ0n) is 10.2. The van der Waals surface area contributed by atoms with Crippen LogP contribution >= 0.6 is 0 Å². The minimum Gasteiger partial charge on any atom is -0.352 e. The number of nitrogens with one attached hydrogen (secondary N) is 2. The molecule has 1 amide bonds. The van der Waals surface area contributed by atoms with Gasteiger partial charge in [-0.15, -0.1) is 0 Å². The third-order valence-electron chi connectivity index (χ3n) is 3.21. The summed E-state index contributed by atoms with van der Waals surface area (Å²) < 4.78 is 0. The summed E-state index contributed by atoms with van der Waals surface area (Å²) in [4.78, 5) is 15.7. The van der Waals surface area contributed by atoms with Crippen molar-refractivity contribution in [2.24, 2.45) is 0 Å². The Bertz CT molecular complexity index is 386. The van der Waals surface area contributed by atoms with E-state index in [0.717, 1.165) is 24.1 Å². The summed E-state index contributed by atoms with van der Waals surface area (Å²) in [6.07, 6.45) is 6.46. The molecule has 4 heteroatoms. The molecule has 2 N–H and O–H groups in total. The van der Waals surface area contributed by atoms with E-state index in [1.165, 1.54) is 6.42 Å². The summed E-state index contributed by atoms with van der Waals surface area (Å²) in [5, 5.41) is 6.29. The van der Waals surface area contributed by atoms with Crippen LogP contribution in [0.2, 0.25) is 0 Å². The fourth-order valence-electron chi connectivity index (χ4n) is 2.12. The summed E-state index contributed by atoms with van der Waals surface area (Å²) in [5.41, 5.74) is 2.25. The fourth-order valence-corrected chi connectivity index (χ4v) is 2.12. The maximum atomic E-state index is 11.7. The van der Waals surface area contributed by atoms with E-state index in [-0.39, 0.29) is 5.91 Å². The van der Waals surface area contributed by atoms with Gasteiger partial charge in [-0.2, -0.15) is 0 Å². The Labute approximate surface area is 102 Å². The second kappa shape index (κ2) is 5.77. The normalized spacial score (nSPS) is 19.2. The van der Waals surface area contributed by atoms with Crippen LogP contribution < -0.4 is 10.6 Å². The minimum atomic E-state index is 0.126. The molecule has 0 saturated carbocycles. The Morgan fingerprint density at radius 1 is 1.65 bits per heavy atom. The molecule has 92 valence electrons. The third kappa shape index (κ3) is 3.53. The van der Waals surface area contributed by atoms with Gasteiger partial charge in [-0.25, -0.2) is 0 Å². The number of aromatic nitrogens is 1. The van der Waals surface area contributed by atoms with Gasteiger partial charge in [0.2, 0.25) is 5.91 Å². The number of pyridine rings is 1. The van der Waals surface area contributed by atoms with Gasteiger partial charge in [0, 0.05) is 31.4 Å². The SMILES string of the molecule is Cc1cnccc1CNC(=O)CC1CCCN1. The predicted octanol–water partition coefficient (Wildman–Crippen LogP) is 1.15. The largest absolute Gasteiger partial charge is 0.352 e. The zero-order chi connectivity index (χ0) is 12.1. The predicted molar refractivity (Wildman–Crippen MR) is 66.5 cm³/mol. The standard InChI is InChI=1S/C13H19N3O/c1-10-8-14-6-4-11(10)9-16-13(17)7-12-3-2-5-15-12/h4,6,8,12,15H,2-3,5,7,9H2,1H3,(H,16,17). The quantitative estimate of drug-likeness (QED) is 0.820. The maximum Gasteiger partial charge on any atom is 0.221 e. The van der Waals surface area contributed by atoms with Gasteiger partial charge in [0.25, 0.3) is 0 Å². The van der Waals surface area contributed by atoms with Crippen molar-refractivity contribution in [3.8, 4) is 0 Å². The highest BCUT2D eigenvalue weighted by Crippen LogP contribution is 2.09. The molecule has 1 atom stereocenters. The number of rotatable bonds is 4. The monoisotopic (exact) mass is 233 g/mol. The van der Waals surface area contributed by atoms with Gasteiger partial charge in [-0.05, 0) is 43.5 Å². The summed E-state index contributed by atoms with van der Waals surface area (Å²) in [6, 6.07) is 2.32. The molecule has 1 unspecified atom stereocenters. The molecular weight excluding hydrogens is 214 g/mol. The molecule has 2 rings (SSSR count). The van der Waals surface area contributed by atoms with Crippen molar-refractivity contribution in [2.75, 3.05) is 6.54 Å². The highest BCUT2D eigenvalue weighted by molar-refractivity contribution is 5.76. The number of hydrogen-bond acceptors (Lipinski definition) is 3. The molecule has 1 aromatic heterocycles. The lowest BCUT2D eigenvalue weighted by Gasteiger charge is -2.11. The lowest BCUT2D eigenvalue weighted by atomic mass is 10.1. The molecule has 0 aromatic carbocycles. The first-order valence-electron chi connectivity index (χ1n) is 6.15. The lowest BCUT2D eigenvalue weighted by Crippen LogP contribution is -2.31. The van der Waals surface area contributed by atoms with Crippen LogP contribution in [-0.4, -0.2) is 23.5 Å². The second-order valence-electron chi connectivity index (χ2n) is 4.58. The van der Waals surface area contributed by atoms with E-state index < -0.39 is 0 Å². The Morgan fingerprint density at radius 2 is 2.53 bits per heavy atom. The van der Waals surface area contributed by atoms with Crippen LogP contribution in [-0.2, 0) is 11.3 Å². The van der Waals surface area contributed by atoms with Crippen molar-refractivity contribution in [1.29, 1.82) is 0 Å². The molecule has 17 heavy (non-hydrogen) atoms. The average Bonchev–Trinajstić information content (AvgIpc) is 2.81. The van der Waals surface area contributed by atoms with Gasteiger partial charge in [0.05, 0.1) is 0 Å². The summed E-state index contributed by atoms with van der Waals surface area (Å²) >= 11 is 0. The number of carbonyl (C=O) groups excluding carboxylic acids is 1. The van der Waals surface area contributed by atoms with Crippen LogP contribution in [0.1, 0.15) is 30.4 Å². The molecular formula is C13H19N3O. The number of carbonyl (C=O) groups is 1. The van der Waals surface area contributed by atoms with E-state index in [1.54, 1.807) is 6.20 Å². The van der Waals surface area contributed by atoms with E-state index >= 15 is 0 Å².